The van der Waals surface area contributed by atoms with E-state index in [4.69, 9.17) is 14.6 Å². The van der Waals surface area contributed by atoms with Gasteiger partial charge < -0.3 is 19.7 Å². The first kappa shape index (κ1) is 10.7. The number of rotatable bonds is 3. The Hall–Kier alpha value is -0.420. The number of aliphatic hydroxyl groups excluding tert-OH is 2. The summed E-state index contributed by atoms with van der Waals surface area (Å²) in [7, 11) is 0. The third kappa shape index (κ3) is 2.28. The highest BCUT2D eigenvalue weighted by Crippen LogP contribution is 2.30. The molecule has 4 heteroatoms. The number of ether oxygens (including phenoxy) is 2. The van der Waals surface area contributed by atoms with Crippen molar-refractivity contribution in [1.82, 2.24) is 0 Å². The quantitative estimate of drug-likeness (QED) is 0.614. The second-order valence-corrected chi connectivity index (χ2v) is 3.55. The first-order valence-electron chi connectivity index (χ1n) is 4.27. The van der Waals surface area contributed by atoms with Crippen molar-refractivity contribution in [2.45, 2.75) is 37.9 Å². The average Bonchev–Trinajstić information content (AvgIpc) is 2.39. The Labute approximate surface area is 77.8 Å². The van der Waals surface area contributed by atoms with E-state index >= 15 is 0 Å². The molecule has 0 bridgehead atoms. The summed E-state index contributed by atoms with van der Waals surface area (Å²) in [6.45, 7) is 6.75. The van der Waals surface area contributed by atoms with Crippen molar-refractivity contribution in [3.05, 3.63) is 12.7 Å². The van der Waals surface area contributed by atoms with Gasteiger partial charge in [0.05, 0.1) is 6.61 Å². The second-order valence-electron chi connectivity index (χ2n) is 3.55. The first-order valence-corrected chi connectivity index (χ1v) is 4.27. The lowest BCUT2D eigenvalue weighted by atomic mass is 10.1. The molecular weight excluding hydrogens is 172 g/mol. The number of hydrogen-bond donors (Lipinski definition) is 2. The van der Waals surface area contributed by atoms with Crippen LogP contribution < -0.4 is 0 Å². The average molecular weight is 188 g/mol. The van der Waals surface area contributed by atoms with Crippen LogP contribution in [0.2, 0.25) is 0 Å². The Morgan fingerprint density at radius 2 is 2.15 bits per heavy atom. The summed E-state index contributed by atoms with van der Waals surface area (Å²) in [4.78, 5) is 0. The van der Waals surface area contributed by atoms with Crippen LogP contribution in [0.3, 0.4) is 0 Å². The number of hydrogen-bond acceptors (Lipinski definition) is 4. The van der Waals surface area contributed by atoms with Crippen LogP contribution in [0, 0.1) is 0 Å². The highest BCUT2D eigenvalue weighted by atomic mass is 16.8. The van der Waals surface area contributed by atoms with E-state index in [1.165, 1.54) is 0 Å². The van der Waals surface area contributed by atoms with Gasteiger partial charge in [-0.05, 0) is 13.8 Å². The predicted molar refractivity (Wildman–Crippen MR) is 47.1 cm³/mol. The van der Waals surface area contributed by atoms with Crippen LogP contribution in [-0.4, -0.2) is 40.9 Å². The van der Waals surface area contributed by atoms with Gasteiger partial charge in [0.2, 0.25) is 0 Å². The monoisotopic (exact) mass is 188 g/mol. The van der Waals surface area contributed by atoms with Crippen molar-refractivity contribution in [3.8, 4) is 0 Å². The smallest absolute Gasteiger partial charge is 0.164 e. The third-order valence-electron chi connectivity index (χ3n) is 1.96. The Morgan fingerprint density at radius 1 is 1.54 bits per heavy atom. The SMILES string of the molecule is C=C[C@H]1OC(C)(C)O[C@H]1[C@H](O)CO. The molecular formula is C9H16O4. The molecule has 1 rings (SSSR count). The van der Waals surface area contributed by atoms with Crippen LogP contribution in [0.15, 0.2) is 12.7 Å². The molecule has 0 aliphatic carbocycles. The summed E-state index contributed by atoms with van der Waals surface area (Å²) in [5.74, 6) is -0.723. The van der Waals surface area contributed by atoms with Crippen molar-refractivity contribution in [3.63, 3.8) is 0 Å². The summed E-state index contributed by atoms with van der Waals surface area (Å²) in [5.41, 5.74) is 0. The lowest BCUT2D eigenvalue weighted by molar-refractivity contribution is -0.155. The van der Waals surface area contributed by atoms with Gasteiger partial charge in [-0.25, -0.2) is 0 Å². The standard InChI is InChI=1S/C9H16O4/c1-4-7-8(6(11)5-10)13-9(2,3)12-7/h4,6-8,10-11H,1,5H2,2-3H3/t6-,7-,8+/m1/s1. The Balaban J connectivity index is 2.68. The van der Waals surface area contributed by atoms with Crippen LogP contribution in [0.25, 0.3) is 0 Å². The minimum atomic E-state index is -0.926. The lowest BCUT2D eigenvalue weighted by Gasteiger charge is -2.19. The van der Waals surface area contributed by atoms with Crippen molar-refractivity contribution in [2.24, 2.45) is 0 Å². The fraction of sp³-hybridized carbons (Fsp3) is 0.778. The molecule has 1 saturated heterocycles. The minimum Gasteiger partial charge on any atom is -0.394 e. The molecule has 1 aliphatic rings. The fourth-order valence-corrected chi connectivity index (χ4v) is 1.40. The van der Waals surface area contributed by atoms with Gasteiger partial charge in [-0.3, -0.25) is 0 Å². The van der Waals surface area contributed by atoms with Crippen LogP contribution in [0.5, 0.6) is 0 Å². The van der Waals surface area contributed by atoms with E-state index in [1.54, 1.807) is 19.9 Å². The van der Waals surface area contributed by atoms with Gasteiger partial charge in [-0.15, -0.1) is 6.58 Å². The van der Waals surface area contributed by atoms with Gasteiger partial charge in [0.15, 0.2) is 5.79 Å². The topological polar surface area (TPSA) is 58.9 Å². The molecule has 0 aromatic carbocycles. The van der Waals surface area contributed by atoms with Gasteiger partial charge >= 0.3 is 0 Å². The third-order valence-corrected chi connectivity index (χ3v) is 1.96. The van der Waals surface area contributed by atoms with E-state index in [0.717, 1.165) is 0 Å². The van der Waals surface area contributed by atoms with Crippen molar-refractivity contribution >= 4 is 0 Å². The zero-order chi connectivity index (χ0) is 10.1. The molecule has 4 nitrogen and oxygen atoms in total. The zero-order valence-corrected chi connectivity index (χ0v) is 7.93. The second kappa shape index (κ2) is 3.75. The van der Waals surface area contributed by atoms with Crippen LogP contribution in [0.1, 0.15) is 13.8 Å². The Bertz CT molecular complexity index is 190. The first-order chi connectivity index (χ1) is 6.00. The predicted octanol–water partition coefficient (Wildman–Crippen LogP) is 0.0457. The van der Waals surface area contributed by atoms with Crippen molar-refractivity contribution in [1.29, 1.82) is 0 Å². The van der Waals surface area contributed by atoms with E-state index in [0.29, 0.717) is 0 Å². The number of aliphatic hydroxyl groups is 2. The molecule has 13 heavy (non-hydrogen) atoms. The van der Waals surface area contributed by atoms with Crippen molar-refractivity contribution in [2.75, 3.05) is 6.61 Å². The van der Waals surface area contributed by atoms with E-state index in [2.05, 4.69) is 6.58 Å². The molecule has 76 valence electrons. The molecule has 0 saturated carbocycles. The molecule has 2 N–H and O–H groups in total. The molecule has 1 heterocycles. The maximum absolute atomic E-state index is 9.39. The van der Waals surface area contributed by atoms with Gasteiger partial charge in [0, 0.05) is 0 Å². The van der Waals surface area contributed by atoms with E-state index < -0.39 is 18.0 Å². The molecule has 1 aliphatic heterocycles. The molecule has 3 atom stereocenters. The minimum absolute atomic E-state index is 0.339. The molecule has 0 aromatic rings. The zero-order valence-electron chi connectivity index (χ0n) is 7.93. The molecule has 0 unspecified atom stereocenters. The van der Waals surface area contributed by atoms with Crippen LogP contribution in [0.4, 0.5) is 0 Å². The lowest BCUT2D eigenvalue weighted by Crippen LogP contribution is -2.36. The van der Waals surface area contributed by atoms with Crippen LogP contribution in [-0.2, 0) is 9.47 Å². The largest absolute Gasteiger partial charge is 0.394 e. The summed E-state index contributed by atoms with van der Waals surface area (Å²) >= 11 is 0. The van der Waals surface area contributed by atoms with Gasteiger partial charge in [0.1, 0.15) is 18.3 Å². The Morgan fingerprint density at radius 3 is 2.62 bits per heavy atom. The molecule has 0 aromatic heterocycles. The normalized spacial score (nSPS) is 34.5. The molecule has 0 amide bonds. The van der Waals surface area contributed by atoms with Gasteiger partial charge in [0.25, 0.3) is 0 Å². The molecule has 0 radical (unpaired) electrons. The van der Waals surface area contributed by atoms with Gasteiger partial charge in [-0.1, -0.05) is 6.08 Å². The van der Waals surface area contributed by atoms with E-state index in [1.807, 2.05) is 0 Å². The van der Waals surface area contributed by atoms with E-state index in [9.17, 15) is 5.11 Å². The molecule has 1 fully saturated rings. The van der Waals surface area contributed by atoms with Gasteiger partial charge in [-0.2, -0.15) is 0 Å². The van der Waals surface area contributed by atoms with Crippen molar-refractivity contribution < 1.29 is 19.7 Å². The fourth-order valence-electron chi connectivity index (χ4n) is 1.40. The summed E-state index contributed by atoms with van der Waals surface area (Å²) in [6, 6.07) is 0. The highest BCUT2D eigenvalue weighted by molar-refractivity contribution is 4.96. The maximum Gasteiger partial charge on any atom is 0.164 e. The summed E-state index contributed by atoms with van der Waals surface area (Å²) < 4.78 is 10.8. The van der Waals surface area contributed by atoms with Crippen LogP contribution >= 0.6 is 0 Å². The Kier molecular flexibility index (Phi) is 3.08. The highest BCUT2D eigenvalue weighted by Gasteiger charge is 2.42. The summed E-state index contributed by atoms with van der Waals surface area (Å²) in [5, 5.41) is 18.1. The van der Waals surface area contributed by atoms with E-state index in [-0.39, 0.29) is 12.7 Å². The molecule has 0 spiro atoms. The summed E-state index contributed by atoms with van der Waals surface area (Å²) in [6.07, 6.45) is -0.252. The maximum atomic E-state index is 9.39.